The van der Waals surface area contributed by atoms with Crippen molar-refractivity contribution in [3.8, 4) is 0 Å². The molecule has 0 aromatic carbocycles. The largest absolute Gasteiger partial charge is 0.388 e. The number of rotatable bonds is 9. The minimum Gasteiger partial charge on any atom is -0.388 e. The van der Waals surface area contributed by atoms with Crippen molar-refractivity contribution in [2.24, 2.45) is 5.41 Å². The summed E-state index contributed by atoms with van der Waals surface area (Å²) in [5.41, 5.74) is 1.32. The van der Waals surface area contributed by atoms with Gasteiger partial charge in [-0.15, -0.1) is 0 Å². The van der Waals surface area contributed by atoms with E-state index in [1.807, 2.05) is 0 Å². The number of nitrogens with zero attached hydrogens (tertiary/aromatic N) is 1. The Balaban J connectivity index is 3.71. The third kappa shape index (κ3) is 8.25. The first-order valence-corrected chi connectivity index (χ1v) is 7.07. The van der Waals surface area contributed by atoms with Gasteiger partial charge in [-0.2, -0.15) is 0 Å². The Morgan fingerprint density at radius 1 is 1.06 bits per heavy atom. The third-order valence-corrected chi connectivity index (χ3v) is 2.97. The van der Waals surface area contributed by atoms with Crippen LogP contribution in [0.4, 0.5) is 0 Å². The molecule has 0 amide bonds. The highest BCUT2D eigenvalue weighted by Gasteiger charge is 2.13. The van der Waals surface area contributed by atoms with Gasteiger partial charge in [0.15, 0.2) is 0 Å². The van der Waals surface area contributed by atoms with E-state index < -0.39 is 0 Å². The lowest BCUT2D eigenvalue weighted by Crippen LogP contribution is -2.30. The van der Waals surface area contributed by atoms with Gasteiger partial charge in [0, 0.05) is 17.7 Å². The molecule has 0 aliphatic rings. The summed E-state index contributed by atoms with van der Waals surface area (Å²) in [5.74, 6) is 0. The molecule has 0 unspecified atom stereocenters. The van der Waals surface area contributed by atoms with Crippen molar-refractivity contribution in [3.63, 3.8) is 0 Å². The highest BCUT2D eigenvalue weighted by molar-refractivity contribution is 5.02. The van der Waals surface area contributed by atoms with Gasteiger partial charge in [-0.3, -0.25) is 0 Å². The fourth-order valence-electron chi connectivity index (χ4n) is 1.77. The molecule has 0 aliphatic carbocycles. The Hall–Kier alpha value is -0.500. The SMILES string of the molecule is C=C(NCCCN(CCC)CCC)C(C)(C)C. The van der Waals surface area contributed by atoms with E-state index in [9.17, 15) is 0 Å². The Labute approximate surface area is 108 Å². The number of allylic oxidation sites excluding steroid dienone is 1. The van der Waals surface area contributed by atoms with Crippen molar-refractivity contribution in [2.45, 2.75) is 53.9 Å². The molecule has 0 heterocycles. The highest BCUT2D eigenvalue weighted by atomic mass is 15.1. The van der Waals surface area contributed by atoms with Crippen LogP contribution in [0, 0.1) is 5.41 Å². The van der Waals surface area contributed by atoms with Gasteiger partial charge < -0.3 is 10.2 Å². The van der Waals surface area contributed by atoms with E-state index in [1.165, 1.54) is 38.9 Å². The highest BCUT2D eigenvalue weighted by Crippen LogP contribution is 2.20. The van der Waals surface area contributed by atoms with Crippen LogP contribution in [0.25, 0.3) is 0 Å². The lowest BCUT2D eigenvalue weighted by molar-refractivity contribution is 0.270. The number of nitrogens with one attached hydrogen (secondary N) is 1. The van der Waals surface area contributed by atoms with E-state index >= 15 is 0 Å². The van der Waals surface area contributed by atoms with Crippen molar-refractivity contribution >= 4 is 0 Å². The zero-order chi connectivity index (χ0) is 13.3. The van der Waals surface area contributed by atoms with Crippen LogP contribution in [-0.4, -0.2) is 31.1 Å². The predicted molar refractivity (Wildman–Crippen MR) is 78.2 cm³/mol. The molecule has 0 radical (unpaired) electrons. The van der Waals surface area contributed by atoms with Gasteiger partial charge in [-0.1, -0.05) is 41.2 Å². The van der Waals surface area contributed by atoms with Crippen LogP contribution >= 0.6 is 0 Å². The minimum atomic E-state index is 0.173. The molecule has 0 aromatic heterocycles. The molecule has 17 heavy (non-hydrogen) atoms. The maximum atomic E-state index is 4.09. The van der Waals surface area contributed by atoms with Crippen molar-refractivity contribution in [3.05, 3.63) is 12.3 Å². The molecule has 0 saturated heterocycles. The first-order valence-electron chi connectivity index (χ1n) is 7.07. The van der Waals surface area contributed by atoms with E-state index in [-0.39, 0.29) is 5.41 Å². The second-order valence-corrected chi connectivity index (χ2v) is 5.85. The maximum Gasteiger partial charge on any atom is 0.0156 e. The summed E-state index contributed by atoms with van der Waals surface area (Å²) in [6.45, 7) is 19.9. The average Bonchev–Trinajstić information content (AvgIpc) is 2.23. The number of hydrogen-bond donors (Lipinski definition) is 1. The first-order chi connectivity index (χ1) is 7.91. The van der Waals surface area contributed by atoms with Crippen molar-refractivity contribution in [1.82, 2.24) is 10.2 Å². The molecule has 0 fully saturated rings. The van der Waals surface area contributed by atoms with Crippen molar-refractivity contribution < 1.29 is 0 Å². The molecule has 102 valence electrons. The molecule has 0 aromatic rings. The smallest absolute Gasteiger partial charge is 0.0156 e. The van der Waals surface area contributed by atoms with E-state index in [0.29, 0.717) is 0 Å². The van der Waals surface area contributed by atoms with Crippen LogP contribution in [0.15, 0.2) is 12.3 Å². The van der Waals surface area contributed by atoms with E-state index in [0.717, 1.165) is 12.2 Å². The molecular formula is C15H32N2. The van der Waals surface area contributed by atoms with Crippen LogP contribution < -0.4 is 5.32 Å². The van der Waals surface area contributed by atoms with Gasteiger partial charge in [-0.05, 0) is 38.9 Å². The van der Waals surface area contributed by atoms with E-state index in [1.54, 1.807) is 0 Å². The summed E-state index contributed by atoms with van der Waals surface area (Å²) >= 11 is 0. The molecule has 0 atom stereocenters. The van der Waals surface area contributed by atoms with E-state index in [2.05, 4.69) is 51.4 Å². The Bertz CT molecular complexity index is 197. The lowest BCUT2D eigenvalue weighted by atomic mass is 9.93. The summed E-state index contributed by atoms with van der Waals surface area (Å²) in [6, 6.07) is 0. The average molecular weight is 240 g/mol. The van der Waals surface area contributed by atoms with Gasteiger partial charge in [0.05, 0.1) is 0 Å². The predicted octanol–water partition coefficient (Wildman–Crippen LogP) is 3.65. The molecular weight excluding hydrogens is 208 g/mol. The zero-order valence-electron chi connectivity index (χ0n) is 12.6. The summed E-state index contributed by atoms with van der Waals surface area (Å²) in [6.07, 6.45) is 3.71. The molecule has 0 spiro atoms. The summed E-state index contributed by atoms with van der Waals surface area (Å²) in [5, 5.41) is 3.44. The Morgan fingerprint density at radius 3 is 2.00 bits per heavy atom. The van der Waals surface area contributed by atoms with Crippen molar-refractivity contribution in [1.29, 1.82) is 0 Å². The van der Waals surface area contributed by atoms with Gasteiger partial charge in [0.1, 0.15) is 0 Å². The zero-order valence-corrected chi connectivity index (χ0v) is 12.6. The van der Waals surface area contributed by atoms with Crippen LogP contribution in [-0.2, 0) is 0 Å². The summed E-state index contributed by atoms with van der Waals surface area (Å²) in [7, 11) is 0. The minimum absolute atomic E-state index is 0.173. The third-order valence-electron chi connectivity index (χ3n) is 2.97. The second-order valence-electron chi connectivity index (χ2n) is 5.85. The van der Waals surface area contributed by atoms with Gasteiger partial charge in [0.25, 0.3) is 0 Å². The summed E-state index contributed by atoms with van der Waals surface area (Å²) in [4.78, 5) is 2.56. The second kappa shape index (κ2) is 8.57. The Kier molecular flexibility index (Phi) is 8.32. The molecule has 2 nitrogen and oxygen atoms in total. The Morgan fingerprint density at radius 2 is 1.59 bits per heavy atom. The molecule has 0 saturated carbocycles. The fraction of sp³-hybridized carbons (Fsp3) is 0.867. The first kappa shape index (κ1) is 16.5. The molecule has 0 rings (SSSR count). The van der Waals surface area contributed by atoms with Gasteiger partial charge >= 0.3 is 0 Å². The van der Waals surface area contributed by atoms with Crippen molar-refractivity contribution in [2.75, 3.05) is 26.2 Å². The van der Waals surface area contributed by atoms with Gasteiger partial charge in [-0.25, -0.2) is 0 Å². The molecule has 2 heteroatoms. The van der Waals surface area contributed by atoms with Gasteiger partial charge in [0.2, 0.25) is 0 Å². The monoisotopic (exact) mass is 240 g/mol. The quantitative estimate of drug-likeness (QED) is 0.619. The topological polar surface area (TPSA) is 15.3 Å². The van der Waals surface area contributed by atoms with Crippen LogP contribution in [0.1, 0.15) is 53.9 Å². The van der Waals surface area contributed by atoms with Crippen LogP contribution in [0.2, 0.25) is 0 Å². The van der Waals surface area contributed by atoms with Crippen LogP contribution in [0.3, 0.4) is 0 Å². The molecule has 0 aliphatic heterocycles. The maximum absolute atomic E-state index is 4.09. The fourth-order valence-corrected chi connectivity index (χ4v) is 1.77. The molecule has 1 N–H and O–H groups in total. The normalized spacial score (nSPS) is 11.9. The van der Waals surface area contributed by atoms with E-state index in [4.69, 9.17) is 0 Å². The lowest BCUT2D eigenvalue weighted by Gasteiger charge is -2.25. The number of hydrogen-bond acceptors (Lipinski definition) is 2. The van der Waals surface area contributed by atoms with Crippen LogP contribution in [0.5, 0.6) is 0 Å². The molecule has 0 bridgehead atoms. The summed E-state index contributed by atoms with van der Waals surface area (Å²) < 4.78 is 0. The standard InChI is InChI=1S/C15H32N2/c1-7-11-17(12-8-2)13-9-10-16-14(3)15(4,5)6/h16H,3,7-13H2,1-2,4-6H3.